The standard InChI is InChI=1S/C18H23N3O2/c1-12-6-5-9-15(13(12)2)21-17(22)10-23-18-14-7-3-4-8-16(14)19-11-20-18/h3-4,7-8,11-13,15H,5-6,9-10H2,1-2H3,(H,21,22)/t12-,13-,15+/m1/s1. The van der Waals surface area contributed by atoms with Crippen molar-refractivity contribution in [2.24, 2.45) is 11.8 Å². The van der Waals surface area contributed by atoms with Gasteiger partial charge in [-0.1, -0.05) is 38.8 Å². The van der Waals surface area contributed by atoms with E-state index in [1.807, 2.05) is 24.3 Å². The normalized spacial score (nSPS) is 24.3. The summed E-state index contributed by atoms with van der Waals surface area (Å²) in [5, 5.41) is 3.93. The van der Waals surface area contributed by atoms with Gasteiger partial charge in [0.25, 0.3) is 5.91 Å². The molecule has 5 nitrogen and oxygen atoms in total. The smallest absolute Gasteiger partial charge is 0.258 e. The molecule has 0 bridgehead atoms. The third-order valence-corrected chi connectivity index (χ3v) is 4.90. The zero-order chi connectivity index (χ0) is 16.2. The van der Waals surface area contributed by atoms with Crippen molar-refractivity contribution in [1.82, 2.24) is 15.3 Å². The van der Waals surface area contributed by atoms with Crippen molar-refractivity contribution in [1.29, 1.82) is 0 Å². The van der Waals surface area contributed by atoms with Crippen molar-refractivity contribution in [3.63, 3.8) is 0 Å². The van der Waals surface area contributed by atoms with Gasteiger partial charge in [-0.3, -0.25) is 4.79 Å². The second-order valence-corrected chi connectivity index (χ2v) is 6.43. The molecule has 1 N–H and O–H groups in total. The summed E-state index contributed by atoms with van der Waals surface area (Å²) in [4.78, 5) is 20.5. The Labute approximate surface area is 136 Å². The number of carbonyl (C=O) groups is 1. The maximum absolute atomic E-state index is 12.2. The highest BCUT2D eigenvalue weighted by Crippen LogP contribution is 2.29. The van der Waals surface area contributed by atoms with Crippen LogP contribution in [0.15, 0.2) is 30.6 Å². The topological polar surface area (TPSA) is 64.1 Å². The van der Waals surface area contributed by atoms with Crippen LogP contribution in [0, 0.1) is 11.8 Å². The summed E-state index contributed by atoms with van der Waals surface area (Å²) in [5.41, 5.74) is 0.813. The van der Waals surface area contributed by atoms with Crippen molar-refractivity contribution >= 4 is 16.8 Å². The number of amides is 1. The number of benzene rings is 1. The van der Waals surface area contributed by atoms with Gasteiger partial charge < -0.3 is 10.1 Å². The van der Waals surface area contributed by atoms with Crippen LogP contribution in [-0.4, -0.2) is 28.5 Å². The molecular formula is C18H23N3O2. The van der Waals surface area contributed by atoms with Gasteiger partial charge in [0.05, 0.1) is 10.9 Å². The van der Waals surface area contributed by atoms with E-state index in [4.69, 9.17) is 4.74 Å². The summed E-state index contributed by atoms with van der Waals surface area (Å²) in [7, 11) is 0. The minimum Gasteiger partial charge on any atom is -0.467 e. The van der Waals surface area contributed by atoms with E-state index in [1.54, 1.807) is 0 Å². The third kappa shape index (κ3) is 3.60. The monoisotopic (exact) mass is 313 g/mol. The van der Waals surface area contributed by atoms with Crippen molar-refractivity contribution in [3.05, 3.63) is 30.6 Å². The Morgan fingerprint density at radius 2 is 2.09 bits per heavy atom. The summed E-state index contributed by atoms with van der Waals surface area (Å²) in [6.45, 7) is 4.46. The van der Waals surface area contributed by atoms with E-state index in [0.717, 1.165) is 17.3 Å². The lowest BCUT2D eigenvalue weighted by Crippen LogP contribution is -2.45. The Morgan fingerprint density at radius 1 is 1.26 bits per heavy atom. The summed E-state index contributed by atoms with van der Waals surface area (Å²) >= 11 is 0. The van der Waals surface area contributed by atoms with Crippen LogP contribution in [0.2, 0.25) is 0 Å². The fourth-order valence-corrected chi connectivity index (χ4v) is 3.26. The Bertz CT molecular complexity index is 684. The molecule has 23 heavy (non-hydrogen) atoms. The summed E-state index contributed by atoms with van der Waals surface area (Å²) in [5.74, 6) is 1.53. The van der Waals surface area contributed by atoms with E-state index < -0.39 is 0 Å². The van der Waals surface area contributed by atoms with Crippen LogP contribution >= 0.6 is 0 Å². The van der Waals surface area contributed by atoms with Crippen LogP contribution in [0.3, 0.4) is 0 Å². The maximum Gasteiger partial charge on any atom is 0.258 e. The minimum atomic E-state index is -0.0846. The largest absolute Gasteiger partial charge is 0.467 e. The molecule has 0 radical (unpaired) electrons. The number of rotatable bonds is 4. The molecule has 1 aliphatic carbocycles. The lowest BCUT2D eigenvalue weighted by molar-refractivity contribution is -0.124. The summed E-state index contributed by atoms with van der Waals surface area (Å²) < 4.78 is 5.62. The van der Waals surface area contributed by atoms with E-state index in [9.17, 15) is 4.79 Å². The van der Waals surface area contributed by atoms with E-state index >= 15 is 0 Å². The molecule has 1 heterocycles. The first-order chi connectivity index (χ1) is 11.1. The van der Waals surface area contributed by atoms with Crippen LogP contribution in [-0.2, 0) is 4.79 Å². The highest BCUT2D eigenvalue weighted by Gasteiger charge is 2.28. The fourth-order valence-electron chi connectivity index (χ4n) is 3.26. The van der Waals surface area contributed by atoms with Gasteiger partial charge in [0, 0.05) is 6.04 Å². The average Bonchev–Trinajstić information content (AvgIpc) is 2.57. The quantitative estimate of drug-likeness (QED) is 0.942. The van der Waals surface area contributed by atoms with Gasteiger partial charge in [-0.25, -0.2) is 9.97 Å². The SMILES string of the molecule is C[C@@H]1[C@H](C)CCC[C@@H]1NC(=O)COc1ncnc2ccccc12. The van der Waals surface area contributed by atoms with Crippen molar-refractivity contribution in [2.45, 2.75) is 39.2 Å². The molecule has 0 aliphatic heterocycles. The third-order valence-electron chi connectivity index (χ3n) is 4.90. The predicted octanol–water partition coefficient (Wildman–Crippen LogP) is 2.95. The number of nitrogens with one attached hydrogen (secondary N) is 1. The number of ether oxygens (including phenoxy) is 1. The van der Waals surface area contributed by atoms with Crippen LogP contribution in [0.4, 0.5) is 0 Å². The van der Waals surface area contributed by atoms with Crippen LogP contribution in [0.1, 0.15) is 33.1 Å². The molecule has 1 aromatic heterocycles. The minimum absolute atomic E-state index is 0.0153. The zero-order valence-electron chi connectivity index (χ0n) is 13.7. The highest BCUT2D eigenvalue weighted by molar-refractivity contribution is 5.84. The number of nitrogens with zero attached hydrogens (tertiary/aromatic N) is 2. The van der Waals surface area contributed by atoms with E-state index in [0.29, 0.717) is 17.7 Å². The molecule has 2 aromatic rings. The molecule has 1 aliphatic rings. The molecular weight excluding hydrogens is 290 g/mol. The summed E-state index contributed by atoms with van der Waals surface area (Å²) in [6, 6.07) is 7.86. The van der Waals surface area contributed by atoms with Gasteiger partial charge in [0.1, 0.15) is 6.33 Å². The predicted molar refractivity (Wildman–Crippen MR) is 89.1 cm³/mol. The average molecular weight is 313 g/mol. The zero-order valence-corrected chi connectivity index (χ0v) is 13.7. The number of hydrogen-bond acceptors (Lipinski definition) is 4. The molecule has 0 saturated heterocycles. The highest BCUT2D eigenvalue weighted by atomic mass is 16.5. The molecule has 3 atom stereocenters. The van der Waals surface area contributed by atoms with Crippen molar-refractivity contribution in [3.8, 4) is 5.88 Å². The number of para-hydroxylation sites is 1. The first-order valence-corrected chi connectivity index (χ1v) is 8.27. The molecule has 1 aromatic carbocycles. The molecule has 3 rings (SSSR count). The molecule has 0 unspecified atom stereocenters. The van der Waals surface area contributed by atoms with Gasteiger partial charge in [0.2, 0.25) is 5.88 Å². The second-order valence-electron chi connectivity index (χ2n) is 6.43. The number of aromatic nitrogens is 2. The van der Waals surface area contributed by atoms with Crippen molar-refractivity contribution in [2.75, 3.05) is 6.61 Å². The van der Waals surface area contributed by atoms with Crippen LogP contribution in [0.5, 0.6) is 5.88 Å². The molecule has 122 valence electrons. The van der Waals surface area contributed by atoms with Crippen LogP contribution in [0.25, 0.3) is 10.9 Å². The fraction of sp³-hybridized carbons (Fsp3) is 0.500. The van der Waals surface area contributed by atoms with Crippen LogP contribution < -0.4 is 10.1 Å². The molecule has 1 amide bonds. The van der Waals surface area contributed by atoms with Gasteiger partial charge in [0.15, 0.2) is 6.61 Å². The lowest BCUT2D eigenvalue weighted by atomic mass is 9.78. The Morgan fingerprint density at radius 3 is 2.96 bits per heavy atom. The van der Waals surface area contributed by atoms with E-state index in [-0.39, 0.29) is 18.6 Å². The van der Waals surface area contributed by atoms with E-state index in [1.165, 1.54) is 19.2 Å². The Kier molecular flexibility index (Phi) is 4.74. The molecule has 1 saturated carbocycles. The van der Waals surface area contributed by atoms with Crippen molar-refractivity contribution < 1.29 is 9.53 Å². The molecule has 1 fully saturated rings. The molecule has 5 heteroatoms. The van der Waals surface area contributed by atoms with Gasteiger partial charge in [-0.15, -0.1) is 0 Å². The maximum atomic E-state index is 12.2. The number of fused-ring (bicyclic) bond motifs is 1. The lowest BCUT2D eigenvalue weighted by Gasteiger charge is -2.34. The second kappa shape index (κ2) is 6.94. The molecule has 0 spiro atoms. The summed E-state index contributed by atoms with van der Waals surface area (Å²) in [6.07, 6.45) is 4.93. The van der Waals surface area contributed by atoms with Gasteiger partial charge >= 0.3 is 0 Å². The Hall–Kier alpha value is -2.17. The number of hydrogen-bond donors (Lipinski definition) is 1. The first-order valence-electron chi connectivity index (χ1n) is 8.27. The Balaban J connectivity index is 1.60. The number of carbonyl (C=O) groups excluding carboxylic acids is 1. The first kappa shape index (κ1) is 15.7. The van der Waals surface area contributed by atoms with Gasteiger partial charge in [-0.05, 0) is 30.4 Å². The van der Waals surface area contributed by atoms with Gasteiger partial charge in [-0.2, -0.15) is 0 Å². The van der Waals surface area contributed by atoms with E-state index in [2.05, 4.69) is 29.1 Å².